The van der Waals surface area contributed by atoms with Gasteiger partial charge in [-0.25, -0.2) is 0 Å². The Morgan fingerprint density at radius 3 is 3.00 bits per heavy atom. The second-order valence-electron chi connectivity index (χ2n) is 4.60. The maximum Gasteiger partial charge on any atom is 0.244 e. The predicted molar refractivity (Wildman–Crippen MR) is 78.7 cm³/mol. The molecule has 0 saturated heterocycles. The first-order valence-electron chi connectivity index (χ1n) is 6.76. The summed E-state index contributed by atoms with van der Waals surface area (Å²) in [6.45, 7) is 2.75. The maximum atomic E-state index is 11.7. The van der Waals surface area contributed by atoms with Crippen molar-refractivity contribution in [3.63, 3.8) is 0 Å². The number of aliphatic hydroxyl groups is 1. The van der Waals surface area contributed by atoms with Crippen molar-refractivity contribution in [3.05, 3.63) is 41.5 Å². The molecule has 4 heteroatoms. The normalized spacial score (nSPS) is 12.1. The van der Waals surface area contributed by atoms with Crippen LogP contribution in [0.1, 0.15) is 30.9 Å². The zero-order valence-corrected chi connectivity index (χ0v) is 11.7. The summed E-state index contributed by atoms with van der Waals surface area (Å²) in [7, 11) is 0. The fraction of sp³-hybridized carbons (Fsp3) is 0.375. The number of hydrogen-bond acceptors (Lipinski definition) is 3. The first kappa shape index (κ1) is 15.9. The molecule has 1 unspecified atom stereocenters. The Balaban J connectivity index is 2.49. The number of carbonyl (C=O) groups is 1. The number of nitrogens with one attached hydrogen (secondary N) is 1. The molecule has 0 fully saturated rings. The number of nitrogens with zero attached hydrogens (tertiary/aromatic N) is 1. The van der Waals surface area contributed by atoms with Gasteiger partial charge in [-0.15, -0.1) is 0 Å². The zero-order chi connectivity index (χ0) is 14.8. The molecule has 0 aliphatic heterocycles. The van der Waals surface area contributed by atoms with Gasteiger partial charge in [-0.1, -0.05) is 25.5 Å². The van der Waals surface area contributed by atoms with Gasteiger partial charge in [0.15, 0.2) is 0 Å². The molecule has 4 nitrogen and oxygen atoms in total. The van der Waals surface area contributed by atoms with Gasteiger partial charge in [-0.3, -0.25) is 4.79 Å². The van der Waals surface area contributed by atoms with Crippen molar-refractivity contribution < 1.29 is 9.90 Å². The van der Waals surface area contributed by atoms with E-state index in [9.17, 15) is 4.79 Å². The molecule has 20 heavy (non-hydrogen) atoms. The third kappa shape index (κ3) is 5.68. The van der Waals surface area contributed by atoms with Crippen LogP contribution in [0.4, 0.5) is 0 Å². The summed E-state index contributed by atoms with van der Waals surface area (Å²) >= 11 is 0. The molecule has 2 N–H and O–H groups in total. The van der Waals surface area contributed by atoms with Gasteiger partial charge in [0, 0.05) is 19.2 Å². The average Bonchev–Trinajstić information content (AvgIpc) is 2.49. The number of rotatable bonds is 7. The summed E-state index contributed by atoms with van der Waals surface area (Å²) in [6.07, 6.45) is 4.77. The summed E-state index contributed by atoms with van der Waals surface area (Å²) in [5.41, 5.74) is 1.39. The van der Waals surface area contributed by atoms with Crippen molar-refractivity contribution >= 4 is 12.0 Å². The third-order valence-electron chi connectivity index (χ3n) is 3.12. The van der Waals surface area contributed by atoms with Crippen LogP contribution >= 0.6 is 0 Å². The molecule has 1 aromatic rings. The highest BCUT2D eigenvalue weighted by atomic mass is 16.3. The van der Waals surface area contributed by atoms with Crippen LogP contribution in [0.25, 0.3) is 6.08 Å². The maximum absolute atomic E-state index is 11.7. The largest absolute Gasteiger partial charge is 0.396 e. The number of benzene rings is 1. The van der Waals surface area contributed by atoms with E-state index in [2.05, 4.69) is 11.4 Å². The monoisotopic (exact) mass is 272 g/mol. The van der Waals surface area contributed by atoms with Crippen molar-refractivity contribution in [1.82, 2.24) is 5.32 Å². The molecule has 0 heterocycles. The van der Waals surface area contributed by atoms with Crippen LogP contribution in [0.15, 0.2) is 30.3 Å². The third-order valence-corrected chi connectivity index (χ3v) is 3.12. The quantitative estimate of drug-likeness (QED) is 0.746. The van der Waals surface area contributed by atoms with Gasteiger partial charge in [0.1, 0.15) is 0 Å². The minimum absolute atomic E-state index is 0.144. The predicted octanol–water partition coefficient (Wildman–Crippen LogP) is 2.10. The Hall–Kier alpha value is -2.12. The van der Waals surface area contributed by atoms with E-state index < -0.39 is 0 Å². The minimum Gasteiger partial charge on any atom is -0.396 e. The first-order chi connectivity index (χ1) is 9.69. The van der Waals surface area contributed by atoms with E-state index in [1.54, 1.807) is 24.3 Å². The van der Waals surface area contributed by atoms with Crippen LogP contribution in [-0.2, 0) is 4.79 Å². The van der Waals surface area contributed by atoms with E-state index in [-0.39, 0.29) is 12.5 Å². The fourth-order valence-corrected chi connectivity index (χ4v) is 1.82. The highest BCUT2D eigenvalue weighted by molar-refractivity contribution is 5.91. The van der Waals surface area contributed by atoms with Crippen molar-refractivity contribution in [2.45, 2.75) is 19.8 Å². The molecular formula is C16H20N2O2. The summed E-state index contributed by atoms with van der Waals surface area (Å²) in [6, 6.07) is 9.13. The molecule has 0 radical (unpaired) electrons. The fourth-order valence-electron chi connectivity index (χ4n) is 1.82. The summed E-state index contributed by atoms with van der Waals surface area (Å²) in [4.78, 5) is 11.7. The zero-order valence-electron chi connectivity index (χ0n) is 11.7. The number of nitriles is 1. The van der Waals surface area contributed by atoms with E-state index in [0.29, 0.717) is 24.4 Å². The van der Waals surface area contributed by atoms with Gasteiger partial charge in [-0.05, 0) is 36.1 Å². The molecule has 0 aliphatic carbocycles. The van der Waals surface area contributed by atoms with Crippen LogP contribution in [-0.4, -0.2) is 24.2 Å². The lowest BCUT2D eigenvalue weighted by Gasteiger charge is -2.13. The SMILES string of the molecule is CCC(CCO)CNC(=O)/C=C/c1cccc(C#N)c1. The smallest absolute Gasteiger partial charge is 0.244 e. The molecule has 1 atom stereocenters. The van der Waals surface area contributed by atoms with Crippen LogP contribution in [0.2, 0.25) is 0 Å². The molecule has 0 saturated carbocycles. The Morgan fingerprint density at radius 2 is 2.35 bits per heavy atom. The molecule has 0 bridgehead atoms. The van der Waals surface area contributed by atoms with Crippen LogP contribution in [0, 0.1) is 17.2 Å². The summed E-state index contributed by atoms with van der Waals surface area (Å²) in [5, 5.41) is 20.5. The standard InChI is InChI=1S/C16H20N2O2/c1-2-13(8-9-19)12-18-16(20)7-6-14-4-3-5-15(10-14)11-17/h3-7,10,13,19H,2,8-9,12H2,1H3,(H,18,20)/b7-6+. The van der Waals surface area contributed by atoms with E-state index in [1.165, 1.54) is 6.08 Å². The highest BCUT2D eigenvalue weighted by Crippen LogP contribution is 2.07. The average molecular weight is 272 g/mol. The molecule has 106 valence electrons. The van der Waals surface area contributed by atoms with Gasteiger partial charge in [0.05, 0.1) is 11.6 Å². The summed E-state index contributed by atoms with van der Waals surface area (Å²) < 4.78 is 0. The Kier molecular flexibility index (Phi) is 7.08. The van der Waals surface area contributed by atoms with E-state index >= 15 is 0 Å². The Labute approximate surface area is 119 Å². The van der Waals surface area contributed by atoms with Crippen molar-refractivity contribution in [2.24, 2.45) is 5.92 Å². The van der Waals surface area contributed by atoms with Gasteiger partial charge in [0.2, 0.25) is 5.91 Å². The van der Waals surface area contributed by atoms with Gasteiger partial charge >= 0.3 is 0 Å². The molecule has 1 rings (SSSR count). The number of amides is 1. The number of hydrogen-bond donors (Lipinski definition) is 2. The lowest BCUT2D eigenvalue weighted by atomic mass is 10.0. The van der Waals surface area contributed by atoms with Gasteiger partial charge in [-0.2, -0.15) is 5.26 Å². The molecule has 0 aliphatic rings. The lowest BCUT2D eigenvalue weighted by molar-refractivity contribution is -0.116. The number of carbonyl (C=O) groups excluding carboxylic acids is 1. The second kappa shape index (κ2) is 8.89. The molecule has 0 spiro atoms. The van der Waals surface area contributed by atoms with Crippen LogP contribution in [0.5, 0.6) is 0 Å². The molecule has 0 aromatic heterocycles. The van der Waals surface area contributed by atoms with Gasteiger partial charge in [0.25, 0.3) is 0 Å². The molecular weight excluding hydrogens is 252 g/mol. The van der Waals surface area contributed by atoms with Crippen LogP contribution < -0.4 is 5.32 Å². The Bertz CT molecular complexity index is 503. The van der Waals surface area contributed by atoms with Crippen molar-refractivity contribution in [1.29, 1.82) is 5.26 Å². The van der Waals surface area contributed by atoms with E-state index in [1.807, 2.05) is 13.0 Å². The minimum atomic E-state index is -0.163. The topological polar surface area (TPSA) is 73.1 Å². The number of aliphatic hydroxyl groups excluding tert-OH is 1. The molecule has 1 amide bonds. The van der Waals surface area contributed by atoms with Gasteiger partial charge < -0.3 is 10.4 Å². The van der Waals surface area contributed by atoms with E-state index in [0.717, 1.165) is 12.0 Å². The molecule has 1 aromatic carbocycles. The second-order valence-corrected chi connectivity index (χ2v) is 4.60. The summed E-state index contributed by atoms with van der Waals surface area (Å²) in [5.74, 6) is 0.142. The Morgan fingerprint density at radius 1 is 1.55 bits per heavy atom. The van der Waals surface area contributed by atoms with E-state index in [4.69, 9.17) is 10.4 Å². The lowest BCUT2D eigenvalue weighted by Crippen LogP contribution is -2.28. The first-order valence-corrected chi connectivity index (χ1v) is 6.76. The van der Waals surface area contributed by atoms with Crippen LogP contribution in [0.3, 0.4) is 0 Å². The van der Waals surface area contributed by atoms with Crippen molar-refractivity contribution in [3.8, 4) is 6.07 Å². The highest BCUT2D eigenvalue weighted by Gasteiger charge is 2.06. The van der Waals surface area contributed by atoms with Crippen molar-refractivity contribution in [2.75, 3.05) is 13.2 Å².